The van der Waals surface area contributed by atoms with E-state index < -0.39 is 11.5 Å². The predicted octanol–water partition coefficient (Wildman–Crippen LogP) is 3.51. The zero-order chi connectivity index (χ0) is 19.6. The molecule has 1 unspecified atom stereocenters. The summed E-state index contributed by atoms with van der Waals surface area (Å²) in [5.74, 6) is -0.416. The molecule has 0 radical (unpaired) electrons. The SMILES string of the molecule is CC(NC(=O)C(C)(C)C)C(=O)Nc1ccc(-n2cnc3ccccc32)cc1. The normalized spacial score (nSPS) is 12.6. The van der Waals surface area contributed by atoms with Crippen LogP contribution in [0.1, 0.15) is 27.7 Å². The van der Waals surface area contributed by atoms with Crippen molar-refractivity contribution < 1.29 is 9.59 Å². The van der Waals surface area contributed by atoms with E-state index in [0.717, 1.165) is 16.7 Å². The highest BCUT2D eigenvalue weighted by Crippen LogP contribution is 2.20. The molecule has 1 atom stereocenters. The Kier molecular flexibility index (Phi) is 4.99. The number of para-hydroxylation sites is 2. The van der Waals surface area contributed by atoms with E-state index in [2.05, 4.69) is 15.6 Å². The molecule has 6 heteroatoms. The van der Waals surface area contributed by atoms with Gasteiger partial charge < -0.3 is 10.6 Å². The number of nitrogens with zero attached hydrogens (tertiary/aromatic N) is 2. The summed E-state index contributed by atoms with van der Waals surface area (Å²) in [7, 11) is 0. The highest BCUT2D eigenvalue weighted by molar-refractivity contribution is 5.97. The minimum Gasteiger partial charge on any atom is -0.344 e. The van der Waals surface area contributed by atoms with Crippen molar-refractivity contribution in [2.24, 2.45) is 5.41 Å². The molecule has 0 saturated heterocycles. The van der Waals surface area contributed by atoms with E-state index in [0.29, 0.717) is 5.69 Å². The van der Waals surface area contributed by atoms with Crippen molar-refractivity contribution >= 4 is 28.5 Å². The van der Waals surface area contributed by atoms with E-state index in [1.54, 1.807) is 13.3 Å². The number of amides is 2. The summed E-state index contributed by atoms with van der Waals surface area (Å²) >= 11 is 0. The van der Waals surface area contributed by atoms with Gasteiger partial charge in [0.25, 0.3) is 0 Å². The molecule has 0 fully saturated rings. The lowest BCUT2D eigenvalue weighted by molar-refractivity contribution is -0.131. The van der Waals surface area contributed by atoms with Crippen LogP contribution in [0.15, 0.2) is 54.9 Å². The van der Waals surface area contributed by atoms with Crippen molar-refractivity contribution in [3.05, 3.63) is 54.9 Å². The van der Waals surface area contributed by atoms with Gasteiger partial charge in [-0.15, -0.1) is 0 Å². The first-order valence-electron chi connectivity index (χ1n) is 8.90. The number of anilines is 1. The Morgan fingerprint density at radius 1 is 1.04 bits per heavy atom. The van der Waals surface area contributed by atoms with Gasteiger partial charge in [0.2, 0.25) is 11.8 Å². The van der Waals surface area contributed by atoms with Gasteiger partial charge >= 0.3 is 0 Å². The first-order valence-corrected chi connectivity index (χ1v) is 8.90. The molecule has 0 saturated carbocycles. The summed E-state index contributed by atoms with van der Waals surface area (Å²) < 4.78 is 1.99. The van der Waals surface area contributed by atoms with Crippen molar-refractivity contribution in [2.75, 3.05) is 5.32 Å². The zero-order valence-corrected chi connectivity index (χ0v) is 16.0. The average Bonchev–Trinajstić information content (AvgIpc) is 3.05. The van der Waals surface area contributed by atoms with Crippen molar-refractivity contribution in [1.82, 2.24) is 14.9 Å². The van der Waals surface area contributed by atoms with E-state index in [1.807, 2.05) is 73.9 Å². The van der Waals surface area contributed by atoms with Crippen LogP contribution in [-0.2, 0) is 9.59 Å². The number of aromatic nitrogens is 2. The first-order chi connectivity index (χ1) is 12.8. The fourth-order valence-electron chi connectivity index (χ4n) is 2.60. The van der Waals surface area contributed by atoms with Gasteiger partial charge in [0.1, 0.15) is 12.4 Å². The van der Waals surface area contributed by atoms with Crippen LogP contribution in [0.2, 0.25) is 0 Å². The number of hydrogen-bond donors (Lipinski definition) is 2. The molecule has 0 aliphatic heterocycles. The lowest BCUT2D eigenvalue weighted by atomic mass is 9.95. The second-order valence-corrected chi connectivity index (χ2v) is 7.58. The third-order valence-electron chi connectivity index (χ3n) is 4.29. The van der Waals surface area contributed by atoms with Gasteiger partial charge in [0.15, 0.2) is 0 Å². The maximum absolute atomic E-state index is 12.3. The second kappa shape index (κ2) is 7.23. The largest absolute Gasteiger partial charge is 0.344 e. The summed E-state index contributed by atoms with van der Waals surface area (Å²) in [5, 5.41) is 5.56. The fraction of sp³-hybridized carbons (Fsp3) is 0.286. The number of rotatable bonds is 4. The van der Waals surface area contributed by atoms with Gasteiger partial charge in [-0.1, -0.05) is 32.9 Å². The topological polar surface area (TPSA) is 76.0 Å². The van der Waals surface area contributed by atoms with Gasteiger partial charge in [-0.05, 0) is 43.3 Å². The Morgan fingerprint density at radius 3 is 2.37 bits per heavy atom. The molecule has 3 aromatic rings. The molecular formula is C21H24N4O2. The number of carbonyl (C=O) groups excluding carboxylic acids is 2. The Labute approximate surface area is 158 Å². The minimum atomic E-state index is -0.617. The molecule has 0 bridgehead atoms. The maximum Gasteiger partial charge on any atom is 0.246 e. The van der Waals surface area contributed by atoms with E-state index in [-0.39, 0.29) is 11.8 Å². The van der Waals surface area contributed by atoms with E-state index in [1.165, 1.54) is 0 Å². The standard InChI is InChI=1S/C21H24N4O2/c1-14(23-20(27)21(2,3)4)19(26)24-15-9-11-16(12-10-15)25-13-22-17-7-5-6-8-18(17)25/h5-14H,1-4H3,(H,23,27)(H,24,26). The highest BCUT2D eigenvalue weighted by atomic mass is 16.2. The fourth-order valence-corrected chi connectivity index (χ4v) is 2.60. The van der Waals surface area contributed by atoms with Crippen molar-refractivity contribution in [3.8, 4) is 5.69 Å². The molecule has 6 nitrogen and oxygen atoms in total. The summed E-state index contributed by atoms with van der Waals surface area (Å²) in [5.41, 5.74) is 3.04. The predicted molar refractivity (Wildman–Crippen MR) is 107 cm³/mol. The molecule has 140 valence electrons. The number of fused-ring (bicyclic) bond motifs is 1. The number of nitrogens with one attached hydrogen (secondary N) is 2. The van der Waals surface area contributed by atoms with Crippen LogP contribution < -0.4 is 10.6 Å². The van der Waals surface area contributed by atoms with E-state index in [9.17, 15) is 9.59 Å². The van der Waals surface area contributed by atoms with Crippen LogP contribution >= 0.6 is 0 Å². The monoisotopic (exact) mass is 364 g/mol. The first kappa shape index (κ1) is 18.6. The smallest absolute Gasteiger partial charge is 0.246 e. The summed E-state index contributed by atoms with van der Waals surface area (Å²) in [6.07, 6.45) is 1.78. The number of imidazole rings is 1. The van der Waals surface area contributed by atoms with Crippen molar-refractivity contribution in [3.63, 3.8) is 0 Å². The van der Waals surface area contributed by atoms with Crippen LogP contribution in [0.5, 0.6) is 0 Å². The van der Waals surface area contributed by atoms with Crippen molar-refractivity contribution in [1.29, 1.82) is 0 Å². The molecule has 0 aliphatic carbocycles. The minimum absolute atomic E-state index is 0.160. The Balaban J connectivity index is 1.69. The Hall–Kier alpha value is -3.15. The summed E-state index contributed by atoms with van der Waals surface area (Å²) in [4.78, 5) is 28.7. The molecule has 27 heavy (non-hydrogen) atoms. The highest BCUT2D eigenvalue weighted by Gasteiger charge is 2.25. The van der Waals surface area contributed by atoms with Crippen LogP contribution in [0.4, 0.5) is 5.69 Å². The number of carbonyl (C=O) groups is 2. The van der Waals surface area contributed by atoms with E-state index >= 15 is 0 Å². The van der Waals surface area contributed by atoms with Gasteiger partial charge in [0.05, 0.1) is 11.0 Å². The molecule has 1 heterocycles. The van der Waals surface area contributed by atoms with Gasteiger partial charge in [-0.3, -0.25) is 14.2 Å². The molecule has 2 aromatic carbocycles. The molecule has 3 rings (SSSR count). The summed E-state index contributed by atoms with van der Waals surface area (Å²) in [6, 6.07) is 14.8. The van der Waals surface area contributed by atoms with Crippen LogP contribution in [0.3, 0.4) is 0 Å². The maximum atomic E-state index is 12.3. The van der Waals surface area contributed by atoms with Crippen molar-refractivity contribution in [2.45, 2.75) is 33.7 Å². The number of benzene rings is 2. The zero-order valence-electron chi connectivity index (χ0n) is 16.0. The molecule has 0 spiro atoms. The molecule has 0 aliphatic rings. The Bertz CT molecular complexity index is 968. The average molecular weight is 364 g/mol. The van der Waals surface area contributed by atoms with Crippen LogP contribution in [0.25, 0.3) is 16.7 Å². The molecule has 2 N–H and O–H groups in total. The third-order valence-corrected chi connectivity index (χ3v) is 4.29. The Morgan fingerprint density at radius 2 is 1.70 bits per heavy atom. The third kappa shape index (κ3) is 4.16. The van der Waals surface area contributed by atoms with Crippen LogP contribution in [0, 0.1) is 5.41 Å². The van der Waals surface area contributed by atoms with Gasteiger partial charge in [0, 0.05) is 16.8 Å². The summed E-state index contributed by atoms with van der Waals surface area (Å²) in [6.45, 7) is 7.10. The second-order valence-electron chi connectivity index (χ2n) is 7.58. The lowest BCUT2D eigenvalue weighted by Crippen LogP contribution is -2.46. The molecular weight excluding hydrogens is 340 g/mol. The number of hydrogen-bond acceptors (Lipinski definition) is 3. The van der Waals surface area contributed by atoms with E-state index in [4.69, 9.17) is 0 Å². The molecule has 1 aromatic heterocycles. The van der Waals surface area contributed by atoms with Gasteiger partial charge in [-0.2, -0.15) is 0 Å². The quantitative estimate of drug-likeness (QED) is 0.744. The van der Waals surface area contributed by atoms with Gasteiger partial charge in [-0.25, -0.2) is 4.98 Å². The van der Waals surface area contributed by atoms with Crippen LogP contribution in [-0.4, -0.2) is 27.4 Å². The molecule has 2 amide bonds. The lowest BCUT2D eigenvalue weighted by Gasteiger charge is -2.21.